The van der Waals surface area contributed by atoms with Gasteiger partial charge in [0.05, 0.1) is 0 Å². The van der Waals surface area contributed by atoms with Gasteiger partial charge in [-0.3, -0.25) is 10.3 Å². The van der Waals surface area contributed by atoms with E-state index in [2.05, 4.69) is 28.1 Å². The van der Waals surface area contributed by atoms with Gasteiger partial charge in [0.15, 0.2) is 0 Å². The van der Waals surface area contributed by atoms with E-state index in [9.17, 15) is 0 Å². The lowest BCUT2D eigenvalue weighted by Crippen LogP contribution is -1.96. The number of rotatable bonds is 0. The highest BCUT2D eigenvalue weighted by atomic mass is 127. The second-order valence-corrected chi connectivity index (χ2v) is 2.38. The Labute approximate surface area is 49.7 Å². The molecule has 0 amide bonds. The first kappa shape index (κ1) is 4.39. The maximum Gasteiger partial charge on any atom is 0.107 e. The van der Waals surface area contributed by atoms with Crippen LogP contribution in [0, 0.1) is 0 Å². The Hall–Kier alpha value is 0.230. The van der Waals surface area contributed by atoms with E-state index in [0.29, 0.717) is 0 Å². The molecule has 0 unspecified atom stereocenters. The lowest BCUT2D eigenvalue weighted by Gasteiger charge is -1.83. The monoisotopic (exact) mass is 197 g/mol. The molecule has 1 N–H and O–H groups in total. The maximum atomic E-state index is 4.71. The quantitative estimate of drug-likeness (QED) is 0.580. The first-order valence-corrected chi connectivity index (χ1v) is 2.69. The molecule has 1 heterocycles. The molecule has 1 rings (SSSR count). The van der Waals surface area contributed by atoms with Gasteiger partial charge in [-0.25, -0.2) is 0 Å². The van der Waals surface area contributed by atoms with Gasteiger partial charge in [0, 0.05) is 9.78 Å². The summed E-state index contributed by atoms with van der Waals surface area (Å²) < 4.78 is 1.22. The molecule has 0 aromatic rings. The lowest BCUT2D eigenvalue weighted by atomic mass is 10.7. The average Bonchev–Trinajstić information content (AvgIpc) is 1.86. The van der Waals surface area contributed by atoms with Gasteiger partial charge in [-0.05, 0) is 22.6 Å². The topological polar surface area (TPSA) is 21.3 Å². The summed E-state index contributed by atoms with van der Waals surface area (Å²) in [5.41, 5.74) is 2.60. The van der Waals surface area contributed by atoms with Crippen LogP contribution in [0.3, 0.4) is 0 Å². The van der Waals surface area contributed by atoms with Crippen LogP contribution in [0.25, 0.3) is 0 Å². The zero-order chi connectivity index (χ0) is 4.41. The predicted octanol–water partition coefficient (Wildman–Crippen LogP) is 0.798. The van der Waals surface area contributed by atoms with E-state index < -0.39 is 0 Å². The van der Waals surface area contributed by atoms with Crippen molar-refractivity contribution < 1.29 is 4.84 Å². The highest BCUT2D eigenvalue weighted by Gasteiger charge is 1.95. The molecule has 0 radical (unpaired) electrons. The molecule has 0 spiro atoms. The third-order valence-electron chi connectivity index (χ3n) is 0.509. The van der Waals surface area contributed by atoms with Gasteiger partial charge in [-0.1, -0.05) is 0 Å². The molecule has 34 valence electrons. The third kappa shape index (κ3) is 0.844. The molecule has 0 aromatic carbocycles. The second kappa shape index (κ2) is 1.79. The molecule has 0 fully saturated rings. The molecule has 0 atom stereocenters. The van der Waals surface area contributed by atoms with E-state index in [4.69, 9.17) is 4.84 Å². The summed E-state index contributed by atoms with van der Waals surface area (Å²) in [7, 11) is 0. The van der Waals surface area contributed by atoms with Crippen molar-refractivity contribution in [2.24, 2.45) is 0 Å². The Morgan fingerprint density at radius 2 is 2.83 bits per heavy atom. The van der Waals surface area contributed by atoms with Gasteiger partial charge in [-0.15, -0.1) is 0 Å². The molecule has 0 saturated heterocycles. The van der Waals surface area contributed by atoms with E-state index in [-0.39, 0.29) is 0 Å². The average molecular weight is 197 g/mol. The first-order chi connectivity index (χ1) is 2.89. The number of halogens is 1. The Bertz CT molecular complexity index is 80.9. The van der Waals surface area contributed by atoms with E-state index in [1.807, 2.05) is 6.20 Å². The maximum absolute atomic E-state index is 4.71. The first-order valence-electron chi connectivity index (χ1n) is 1.61. The normalized spacial score (nSPS) is 19.8. The van der Waals surface area contributed by atoms with Gasteiger partial charge in [-0.2, -0.15) is 0 Å². The summed E-state index contributed by atoms with van der Waals surface area (Å²) in [6.45, 7) is 0.723. The van der Waals surface area contributed by atoms with E-state index in [0.717, 1.165) is 6.61 Å². The van der Waals surface area contributed by atoms with Crippen molar-refractivity contribution in [1.82, 2.24) is 5.48 Å². The van der Waals surface area contributed by atoms with Crippen molar-refractivity contribution in [3.63, 3.8) is 0 Å². The lowest BCUT2D eigenvalue weighted by molar-refractivity contribution is 0.115. The van der Waals surface area contributed by atoms with Crippen LogP contribution in [0.2, 0.25) is 0 Å². The number of hydrogen-bond donors (Lipinski definition) is 1. The van der Waals surface area contributed by atoms with Crippen LogP contribution in [-0.4, -0.2) is 6.61 Å². The summed E-state index contributed by atoms with van der Waals surface area (Å²) in [6.07, 6.45) is 1.83. The summed E-state index contributed by atoms with van der Waals surface area (Å²) in [4.78, 5) is 4.71. The van der Waals surface area contributed by atoms with Gasteiger partial charge in [0.1, 0.15) is 6.61 Å². The van der Waals surface area contributed by atoms with E-state index in [1.165, 1.54) is 3.58 Å². The predicted molar refractivity (Wildman–Crippen MR) is 31.2 cm³/mol. The van der Waals surface area contributed by atoms with Gasteiger partial charge >= 0.3 is 0 Å². The smallest absolute Gasteiger partial charge is 0.107 e. The minimum atomic E-state index is 0.723. The minimum Gasteiger partial charge on any atom is -0.273 e. The molecule has 0 saturated carbocycles. The van der Waals surface area contributed by atoms with Gasteiger partial charge in [0.2, 0.25) is 0 Å². The number of hydroxylamine groups is 1. The number of hydrogen-bond acceptors (Lipinski definition) is 2. The molecule has 0 aliphatic carbocycles. The van der Waals surface area contributed by atoms with Crippen molar-refractivity contribution >= 4 is 22.6 Å². The molecule has 1 aliphatic heterocycles. The number of nitrogens with one attached hydrogen (secondary N) is 1. The van der Waals surface area contributed by atoms with Crippen LogP contribution >= 0.6 is 22.6 Å². The molecule has 3 heteroatoms. The highest BCUT2D eigenvalue weighted by Crippen LogP contribution is 2.07. The van der Waals surface area contributed by atoms with Crippen LogP contribution in [0.15, 0.2) is 9.78 Å². The van der Waals surface area contributed by atoms with Crippen LogP contribution in [0.5, 0.6) is 0 Å². The fraction of sp³-hybridized carbons (Fsp3) is 0.333. The van der Waals surface area contributed by atoms with Crippen LogP contribution in [0.1, 0.15) is 0 Å². The summed E-state index contributed by atoms with van der Waals surface area (Å²) in [5, 5.41) is 0. The molecule has 0 aromatic heterocycles. The van der Waals surface area contributed by atoms with E-state index >= 15 is 0 Å². The van der Waals surface area contributed by atoms with Crippen molar-refractivity contribution in [3.8, 4) is 0 Å². The zero-order valence-electron chi connectivity index (χ0n) is 3.07. The summed E-state index contributed by atoms with van der Waals surface area (Å²) in [6, 6.07) is 0. The van der Waals surface area contributed by atoms with Crippen LogP contribution < -0.4 is 5.48 Å². The Morgan fingerprint density at radius 1 is 2.00 bits per heavy atom. The largest absolute Gasteiger partial charge is 0.273 e. The zero-order valence-corrected chi connectivity index (χ0v) is 5.23. The van der Waals surface area contributed by atoms with Crippen molar-refractivity contribution in [1.29, 1.82) is 0 Å². The summed E-state index contributed by atoms with van der Waals surface area (Å²) in [5.74, 6) is 0. The minimum absolute atomic E-state index is 0.723. The van der Waals surface area contributed by atoms with Gasteiger partial charge < -0.3 is 0 Å². The summed E-state index contributed by atoms with van der Waals surface area (Å²) >= 11 is 2.21. The van der Waals surface area contributed by atoms with E-state index in [1.54, 1.807) is 0 Å². The van der Waals surface area contributed by atoms with Crippen molar-refractivity contribution in [2.45, 2.75) is 0 Å². The molecule has 0 bridgehead atoms. The molecule has 1 aliphatic rings. The van der Waals surface area contributed by atoms with Crippen LogP contribution in [0.4, 0.5) is 0 Å². The molecular weight excluding hydrogens is 193 g/mol. The van der Waals surface area contributed by atoms with Gasteiger partial charge in [0.25, 0.3) is 0 Å². The molecule has 2 nitrogen and oxygen atoms in total. The second-order valence-electron chi connectivity index (χ2n) is 0.998. The Kier molecular flexibility index (Phi) is 1.31. The molecule has 6 heavy (non-hydrogen) atoms. The highest BCUT2D eigenvalue weighted by molar-refractivity contribution is 14.1. The fourth-order valence-electron chi connectivity index (χ4n) is 0.258. The standard InChI is InChI=1S/C3H4INO/c4-3-1-5-6-2-3/h1,5H,2H2. The third-order valence-corrected chi connectivity index (χ3v) is 1.13. The Morgan fingerprint density at radius 3 is 3.00 bits per heavy atom. The van der Waals surface area contributed by atoms with Crippen molar-refractivity contribution in [3.05, 3.63) is 9.78 Å². The Balaban J connectivity index is 2.45. The fourth-order valence-corrected chi connectivity index (χ4v) is 0.541. The SMILES string of the molecule is IC1=CNOC1. The van der Waals surface area contributed by atoms with Crippen LogP contribution in [-0.2, 0) is 4.84 Å². The van der Waals surface area contributed by atoms with Crippen molar-refractivity contribution in [2.75, 3.05) is 6.61 Å². The molecular formula is C3H4INO.